The van der Waals surface area contributed by atoms with E-state index in [1.165, 1.54) is 22.3 Å². The van der Waals surface area contributed by atoms with Gasteiger partial charge in [-0.2, -0.15) is 0 Å². The average Bonchev–Trinajstić information content (AvgIpc) is 3.07. The number of aryl methyl sites for hydroxylation is 3. The van der Waals surface area contributed by atoms with E-state index in [9.17, 15) is 0 Å². The number of hydrogen-bond donors (Lipinski definition) is 0. The van der Waals surface area contributed by atoms with Crippen molar-refractivity contribution in [1.82, 2.24) is 9.79 Å². The number of nitrogens with zero attached hydrogens (tertiary/aromatic N) is 3. The molecule has 0 spiro atoms. The van der Waals surface area contributed by atoms with Crippen molar-refractivity contribution in [3.8, 4) is 11.1 Å². The van der Waals surface area contributed by atoms with Crippen LogP contribution in [-0.2, 0) is 7.05 Å². The molecule has 5 rings (SSSR count). The first kappa shape index (κ1) is 17.7. The van der Waals surface area contributed by atoms with Crippen molar-refractivity contribution in [2.75, 3.05) is 7.05 Å². The van der Waals surface area contributed by atoms with Crippen molar-refractivity contribution < 1.29 is 8.98 Å². The van der Waals surface area contributed by atoms with Crippen LogP contribution in [0, 0.1) is 13.8 Å². The van der Waals surface area contributed by atoms with Crippen LogP contribution in [0.3, 0.4) is 0 Å². The number of hydrogen-bond acceptors (Lipinski definition) is 3. The van der Waals surface area contributed by atoms with Gasteiger partial charge in [0.2, 0.25) is 5.71 Å². The van der Waals surface area contributed by atoms with Crippen LogP contribution >= 0.6 is 0 Å². The Bertz CT molecular complexity index is 1260. The third-order valence-electron chi connectivity index (χ3n) is 5.77. The lowest BCUT2D eigenvalue weighted by molar-refractivity contribution is -0.654. The minimum absolute atomic E-state index is 0.0161. The minimum atomic E-state index is -0.0161. The highest BCUT2D eigenvalue weighted by atomic mass is 16.3. The summed E-state index contributed by atoms with van der Waals surface area (Å²) in [6.07, 6.45) is 6.46. The molecule has 0 saturated carbocycles. The standard InChI is InChI=1S/C24H23BN3O/c1-16-15-27(3)22(14-21(16)18-8-6-5-7-9-18)25-23-19(12-13-28(25)4)20-11-10-17(2)26-24(20)29-23/h5-15H,1-4H3/q+1. The summed E-state index contributed by atoms with van der Waals surface area (Å²) < 4.78 is 8.53. The monoisotopic (exact) mass is 380 g/mol. The van der Waals surface area contributed by atoms with E-state index in [1.54, 1.807) is 0 Å². The first-order valence-corrected chi connectivity index (χ1v) is 9.88. The van der Waals surface area contributed by atoms with E-state index in [4.69, 9.17) is 4.42 Å². The highest BCUT2D eigenvalue weighted by Crippen LogP contribution is 2.25. The van der Waals surface area contributed by atoms with Crippen molar-refractivity contribution in [1.29, 1.82) is 0 Å². The van der Waals surface area contributed by atoms with Gasteiger partial charge in [0, 0.05) is 28.3 Å². The molecule has 0 atom stereocenters. The molecular weight excluding hydrogens is 357 g/mol. The number of furan rings is 1. The van der Waals surface area contributed by atoms with Crippen LogP contribution in [-0.4, -0.2) is 23.7 Å². The molecular formula is C24H23BN3O+. The fourth-order valence-electron chi connectivity index (χ4n) is 4.29. The molecule has 0 aliphatic carbocycles. The Labute approximate surface area is 171 Å². The van der Waals surface area contributed by atoms with Crippen molar-refractivity contribution in [2.24, 2.45) is 7.05 Å². The number of pyridine rings is 2. The summed E-state index contributed by atoms with van der Waals surface area (Å²) in [7, 11) is 4.20. The molecule has 0 bridgehead atoms. The van der Waals surface area contributed by atoms with Gasteiger partial charge >= 0.3 is 6.85 Å². The predicted octanol–water partition coefficient (Wildman–Crippen LogP) is 2.96. The van der Waals surface area contributed by atoms with E-state index in [1.807, 2.05) is 13.0 Å². The van der Waals surface area contributed by atoms with Crippen molar-refractivity contribution in [2.45, 2.75) is 13.8 Å². The fourth-order valence-corrected chi connectivity index (χ4v) is 4.29. The van der Waals surface area contributed by atoms with Gasteiger partial charge < -0.3 is 9.23 Å². The number of fused-ring (bicyclic) bond motifs is 3. The zero-order valence-electron chi connectivity index (χ0n) is 17.2. The first-order chi connectivity index (χ1) is 14.0. The first-order valence-electron chi connectivity index (χ1n) is 9.88. The van der Waals surface area contributed by atoms with Crippen LogP contribution in [0.1, 0.15) is 16.8 Å². The molecule has 0 saturated heterocycles. The minimum Gasteiger partial charge on any atom is -0.449 e. The van der Waals surface area contributed by atoms with E-state index in [2.05, 4.69) is 96.3 Å². The van der Waals surface area contributed by atoms with Crippen LogP contribution in [0.5, 0.6) is 0 Å². The average molecular weight is 380 g/mol. The Morgan fingerprint density at radius 3 is 2.66 bits per heavy atom. The second kappa shape index (κ2) is 6.62. The third-order valence-corrected chi connectivity index (χ3v) is 5.77. The number of benzene rings is 1. The molecule has 142 valence electrons. The summed E-state index contributed by atoms with van der Waals surface area (Å²) in [4.78, 5) is 6.81. The second-order valence-electron chi connectivity index (χ2n) is 7.84. The molecule has 4 nitrogen and oxygen atoms in total. The highest BCUT2D eigenvalue weighted by Gasteiger charge is 2.40. The van der Waals surface area contributed by atoms with E-state index in [0.717, 1.165) is 22.3 Å². The van der Waals surface area contributed by atoms with Crippen LogP contribution in [0.2, 0.25) is 0 Å². The molecule has 0 N–H and O–H groups in total. The molecule has 1 aliphatic rings. The lowest BCUT2D eigenvalue weighted by atomic mass is 9.52. The van der Waals surface area contributed by atoms with Crippen molar-refractivity contribution in [3.63, 3.8) is 0 Å². The van der Waals surface area contributed by atoms with E-state index >= 15 is 0 Å². The maximum Gasteiger partial charge on any atom is 0.443 e. The van der Waals surface area contributed by atoms with Gasteiger partial charge in [-0.15, -0.1) is 0 Å². The Hall–Kier alpha value is -3.34. The summed E-state index contributed by atoms with van der Waals surface area (Å²) in [5.41, 5.74) is 8.63. The smallest absolute Gasteiger partial charge is 0.443 e. The summed E-state index contributed by atoms with van der Waals surface area (Å²) in [5, 5.41) is 1.07. The molecule has 5 heteroatoms. The molecule has 0 fully saturated rings. The quantitative estimate of drug-likeness (QED) is 0.396. The highest BCUT2D eigenvalue weighted by molar-refractivity contribution is 6.82. The summed E-state index contributed by atoms with van der Waals surface area (Å²) in [6.45, 7) is 4.14. The third kappa shape index (κ3) is 2.85. The van der Waals surface area contributed by atoms with E-state index in [0.29, 0.717) is 5.71 Å². The van der Waals surface area contributed by atoms with Gasteiger partial charge in [0.1, 0.15) is 12.7 Å². The van der Waals surface area contributed by atoms with Crippen LogP contribution in [0.25, 0.3) is 28.3 Å². The van der Waals surface area contributed by atoms with Gasteiger partial charge in [-0.05, 0) is 56.4 Å². The van der Waals surface area contributed by atoms with Gasteiger partial charge in [-0.1, -0.05) is 30.3 Å². The Morgan fingerprint density at radius 1 is 1.07 bits per heavy atom. The second-order valence-corrected chi connectivity index (χ2v) is 7.84. The van der Waals surface area contributed by atoms with Crippen LogP contribution < -0.4 is 15.8 Å². The Kier molecular flexibility index (Phi) is 4.05. The van der Waals surface area contributed by atoms with Gasteiger partial charge in [0.05, 0.1) is 0 Å². The SMILES string of the molecule is Cc1ccc2c3c(oc2n1)B(c1cc(-c2ccccc2)c(C)c[n+]1C)N(C)C=C3. The molecule has 0 amide bonds. The molecule has 0 unspecified atom stereocenters. The maximum absolute atomic E-state index is 6.32. The van der Waals surface area contributed by atoms with Crippen molar-refractivity contribution in [3.05, 3.63) is 77.7 Å². The molecule has 1 aromatic carbocycles. The van der Waals surface area contributed by atoms with Crippen molar-refractivity contribution >= 4 is 35.3 Å². The van der Waals surface area contributed by atoms with Gasteiger partial charge in [-0.25, -0.2) is 9.55 Å². The van der Waals surface area contributed by atoms with Crippen LogP contribution in [0.15, 0.2) is 65.3 Å². The Morgan fingerprint density at radius 2 is 1.86 bits per heavy atom. The summed E-state index contributed by atoms with van der Waals surface area (Å²) in [5.74, 6) is 0. The largest absolute Gasteiger partial charge is 0.449 e. The van der Waals surface area contributed by atoms with Gasteiger partial charge in [0.15, 0.2) is 11.8 Å². The van der Waals surface area contributed by atoms with E-state index < -0.39 is 0 Å². The zero-order valence-corrected chi connectivity index (χ0v) is 17.2. The zero-order chi connectivity index (χ0) is 20.1. The lowest BCUT2D eigenvalue weighted by Crippen LogP contribution is -2.65. The van der Waals surface area contributed by atoms with E-state index in [-0.39, 0.29) is 6.85 Å². The molecule has 4 heterocycles. The predicted molar refractivity (Wildman–Crippen MR) is 118 cm³/mol. The number of rotatable bonds is 2. The number of aromatic nitrogens is 2. The molecule has 29 heavy (non-hydrogen) atoms. The lowest BCUT2D eigenvalue weighted by Gasteiger charge is -2.24. The van der Waals surface area contributed by atoms with Gasteiger partial charge in [-0.3, -0.25) is 0 Å². The topological polar surface area (TPSA) is 33.1 Å². The molecule has 3 aromatic heterocycles. The Balaban J connectivity index is 1.72. The fraction of sp³-hybridized carbons (Fsp3) is 0.167. The molecule has 1 aliphatic heterocycles. The molecule has 4 aromatic rings. The molecule has 0 radical (unpaired) electrons. The summed E-state index contributed by atoms with van der Waals surface area (Å²) >= 11 is 0. The summed E-state index contributed by atoms with van der Waals surface area (Å²) in [6, 6.07) is 17.0. The maximum atomic E-state index is 6.32. The van der Waals surface area contributed by atoms with Crippen LogP contribution in [0.4, 0.5) is 0 Å². The normalized spacial score (nSPS) is 13.2. The van der Waals surface area contributed by atoms with Gasteiger partial charge in [0.25, 0.3) is 0 Å².